The van der Waals surface area contributed by atoms with Gasteiger partial charge in [-0.15, -0.1) is 0 Å². The van der Waals surface area contributed by atoms with Gasteiger partial charge in [-0.25, -0.2) is 4.79 Å². The van der Waals surface area contributed by atoms with Crippen LogP contribution in [0.2, 0.25) is 0 Å². The molecule has 0 radical (unpaired) electrons. The number of carbonyl (C=O) groups is 3. The minimum absolute atomic E-state index is 0.0545. The zero-order valence-electron chi connectivity index (χ0n) is 23.9. The summed E-state index contributed by atoms with van der Waals surface area (Å²) in [5, 5.41) is 6.24. The molecule has 0 unspecified atom stereocenters. The van der Waals surface area contributed by atoms with E-state index in [4.69, 9.17) is 10.5 Å². The third kappa shape index (κ3) is 7.37. The Hall–Kier alpha value is -3.63. The molecule has 5 rings (SSSR count). The van der Waals surface area contributed by atoms with E-state index in [1.54, 1.807) is 12.1 Å². The number of ether oxygens (including phenoxy) is 1. The summed E-state index contributed by atoms with van der Waals surface area (Å²) in [7, 11) is 0. The number of carbonyl (C=O) groups excluding carboxylic acids is 3. The van der Waals surface area contributed by atoms with Crippen molar-refractivity contribution in [2.24, 2.45) is 5.73 Å². The number of benzene rings is 2. The van der Waals surface area contributed by atoms with Crippen LogP contribution in [0.5, 0.6) is 0 Å². The third-order valence-electron chi connectivity index (χ3n) is 8.28. The van der Waals surface area contributed by atoms with Crippen molar-refractivity contribution < 1.29 is 19.1 Å². The Bertz CT molecular complexity index is 1240. The summed E-state index contributed by atoms with van der Waals surface area (Å²) in [6, 6.07) is 13.3. The normalized spacial score (nSPS) is 21.7. The Morgan fingerprint density at radius 3 is 2.32 bits per heavy atom. The van der Waals surface area contributed by atoms with Crippen LogP contribution in [0.15, 0.2) is 42.5 Å². The zero-order valence-corrected chi connectivity index (χ0v) is 23.9. The van der Waals surface area contributed by atoms with Crippen molar-refractivity contribution in [2.75, 3.05) is 62.7 Å². The Labute approximate surface area is 242 Å². The SMILES string of the molecule is Cc1cccc(C(=O)Nc2cc(C(=O)NC3CCC(N)CC3)ccc2N2CCCN(C(=O)N3CCOCC3)CC2)c1. The summed E-state index contributed by atoms with van der Waals surface area (Å²) in [6.07, 6.45) is 4.35. The van der Waals surface area contributed by atoms with Crippen LogP contribution in [0.25, 0.3) is 0 Å². The van der Waals surface area contributed by atoms with Crippen molar-refractivity contribution in [3.63, 3.8) is 0 Å². The number of hydrogen-bond acceptors (Lipinski definition) is 6. The first-order chi connectivity index (χ1) is 19.9. The highest BCUT2D eigenvalue weighted by Crippen LogP contribution is 2.30. The second kappa shape index (κ2) is 13.4. The summed E-state index contributed by atoms with van der Waals surface area (Å²) in [5.74, 6) is -0.381. The predicted molar refractivity (Wildman–Crippen MR) is 159 cm³/mol. The summed E-state index contributed by atoms with van der Waals surface area (Å²) in [5.41, 5.74) is 9.52. The van der Waals surface area contributed by atoms with E-state index in [0.717, 1.165) is 49.9 Å². The van der Waals surface area contributed by atoms with Crippen molar-refractivity contribution in [1.82, 2.24) is 15.1 Å². The molecular formula is C31H42N6O4. The first-order valence-corrected chi connectivity index (χ1v) is 14.8. The first kappa shape index (κ1) is 28.9. The van der Waals surface area contributed by atoms with E-state index < -0.39 is 0 Å². The van der Waals surface area contributed by atoms with E-state index in [-0.39, 0.29) is 29.9 Å². The number of morpholine rings is 1. The van der Waals surface area contributed by atoms with Crippen LogP contribution >= 0.6 is 0 Å². The van der Waals surface area contributed by atoms with Gasteiger partial charge in [-0.2, -0.15) is 0 Å². The molecule has 0 atom stereocenters. The summed E-state index contributed by atoms with van der Waals surface area (Å²) in [4.78, 5) is 45.6. The number of urea groups is 1. The van der Waals surface area contributed by atoms with Gasteiger partial charge in [0.25, 0.3) is 11.8 Å². The fourth-order valence-electron chi connectivity index (χ4n) is 5.87. The molecule has 0 aromatic heterocycles. The average molecular weight is 563 g/mol. The Morgan fingerprint density at radius 2 is 1.56 bits per heavy atom. The number of nitrogens with zero attached hydrogens (tertiary/aromatic N) is 3. The van der Waals surface area contributed by atoms with E-state index >= 15 is 0 Å². The fraction of sp³-hybridized carbons (Fsp3) is 0.516. The van der Waals surface area contributed by atoms with Gasteiger partial charge in [0, 0.05) is 62.5 Å². The maximum Gasteiger partial charge on any atom is 0.320 e. The van der Waals surface area contributed by atoms with E-state index in [0.29, 0.717) is 62.8 Å². The molecule has 1 saturated carbocycles. The van der Waals surface area contributed by atoms with Gasteiger partial charge in [0.15, 0.2) is 0 Å². The molecule has 3 fully saturated rings. The molecule has 2 heterocycles. The molecule has 220 valence electrons. The van der Waals surface area contributed by atoms with Gasteiger partial charge < -0.3 is 35.8 Å². The molecule has 10 nitrogen and oxygen atoms in total. The van der Waals surface area contributed by atoms with Crippen LogP contribution in [-0.2, 0) is 4.74 Å². The standard InChI is InChI=1S/C31H42N6O4/c1-22-4-2-5-23(20-22)30(39)34-27-21-24(29(38)33-26-9-7-25(32)8-10-26)6-11-28(27)35-12-3-13-36(15-14-35)31(40)37-16-18-41-19-17-37/h2,4-6,11,20-21,25-26H,3,7-10,12-19,32H2,1H3,(H,33,38)(H,34,39). The van der Waals surface area contributed by atoms with Crippen molar-refractivity contribution in [3.05, 3.63) is 59.2 Å². The number of hydrogen-bond donors (Lipinski definition) is 3. The molecule has 0 bridgehead atoms. The quantitative estimate of drug-likeness (QED) is 0.515. The zero-order chi connectivity index (χ0) is 28.8. The molecule has 2 aromatic carbocycles. The van der Waals surface area contributed by atoms with Crippen LogP contribution in [0.3, 0.4) is 0 Å². The summed E-state index contributed by atoms with van der Waals surface area (Å²) < 4.78 is 5.40. The smallest absolute Gasteiger partial charge is 0.320 e. The second-order valence-electron chi connectivity index (χ2n) is 11.4. The van der Waals surface area contributed by atoms with Crippen molar-refractivity contribution >= 4 is 29.2 Å². The lowest BCUT2D eigenvalue weighted by molar-refractivity contribution is 0.0438. The molecule has 4 N–H and O–H groups in total. The highest BCUT2D eigenvalue weighted by molar-refractivity contribution is 6.07. The Morgan fingerprint density at radius 1 is 0.829 bits per heavy atom. The minimum atomic E-state index is -0.229. The maximum atomic E-state index is 13.3. The van der Waals surface area contributed by atoms with E-state index in [9.17, 15) is 14.4 Å². The molecule has 41 heavy (non-hydrogen) atoms. The topological polar surface area (TPSA) is 120 Å². The molecule has 1 aliphatic carbocycles. The molecule has 2 aromatic rings. The van der Waals surface area contributed by atoms with Gasteiger partial charge in [-0.05, 0) is 69.4 Å². The number of aryl methyl sites for hydroxylation is 1. The van der Waals surface area contributed by atoms with E-state index in [1.165, 1.54) is 0 Å². The van der Waals surface area contributed by atoms with Crippen LogP contribution in [0.4, 0.5) is 16.2 Å². The first-order valence-electron chi connectivity index (χ1n) is 14.8. The Kier molecular flexibility index (Phi) is 9.41. The summed E-state index contributed by atoms with van der Waals surface area (Å²) in [6.45, 7) is 6.93. The van der Waals surface area contributed by atoms with Crippen molar-refractivity contribution in [1.29, 1.82) is 0 Å². The van der Waals surface area contributed by atoms with Crippen molar-refractivity contribution in [2.45, 2.75) is 51.1 Å². The molecule has 2 saturated heterocycles. The van der Waals surface area contributed by atoms with Gasteiger partial charge in [-0.1, -0.05) is 17.7 Å². The largest absolute Gasteiger partial charge is 0.378 e. The van der Waals surface area contributed by atoms with Gasteiger partial charge in [-0.3, -0.25) is 9.59 Å². The number of nitrogens with one attached hydrogen (secondary N) is 2. The van der Waals surface area contributed by atoms with Crippen LogP contribution < -0.4 is 21.3 Å². The number of nitrogens with two attached hydrogens (primary N) is 1. The number of amides is 4. The third-order valence-corrected chi connectivity index (χ3v) is 8.28. The lowest BCUT2D eigenvalue weighted by Crippen LogP contribution is -2.49. The van der Waals surface area contributed by atoms with E-state index in [1.807, 2.05) is 47.1 Å². The molecule has 0 spiro atoms. The van der Waals surface area contributed by atoms with Crippen molar-refractivity contribution in [3.8, 4) is 0 Å². The Balaban J connectivity index is 1.34. The van der Waals surface area contributed by atoms with Gasteiger partial charge in [0.05, 0.1) is 24.6 Å². The van der Waals surface area contributed by atoms with E-state index in [2.05, 4.69) is 15.5 Å². The molecule has 2 aliphatic heterocycles. The molecular weight excluding hydrogens is 520 g/mol. The molecule has 3 aliphatic rings. The maximum absolute atomic E-state index is 13.3. The second-order valence-corrected chi connectivity index (χ2v) is 11.4. The van der Waals surface area contributed by atoms with Gasteiger partial charge in [0.1, 0.15) is 0 Å². The van der Waals surface area contributed by atoms with Gasteiger partial charge in [0.2, 0.25) is 0 Å². The van der Waals surface area contributed by atoms with Crippen LogP contribution in [0, 0.1) is 6.92 Å². The number of rotatable bonds is 5. The highest BCUT2D eigenvalue weighted by Gasteiger charge is 2.27. The summed E-state index contributed by atoms with van der Waals surface area (Å²) >= 11 is 0. The number of anilines is 2. The van der Waals surface area contributed by atoms with Gasteiger partial charge >= 0.3 is 6.03 Å². The lowest BCUT2D eigenvalue weighted by atomic mass is 9.91. The predicted octanol–water partition coefficient (Wildman–Crippen LogP) is 3.21. The highest BCUT2D eigenvalue weighted by atomic mass is 16.5. The molecule has 4 amide bonds. The lowest BCUT2D eigenvalue weighted by Gasteiger charge is -2.32. The average Bonchev–Trinajstić information content (AvgIpc) is 3.25. The fourth-order valence-corrected chi connectivity index (χ4v) is 5.87. The van der Waals surface area contributed by atoms with Crippen LogP contribution in [-0.4, -0.2) is 92.2 Å². The van der Waals surface area contributed by atoms with Crippen LogP contribution in [0.1, 0.15) is 58.4 Å². The molecule has 10 heteroatoms. The minimum Gasteiger partial charge on any atom is -0.378 e. The monoisotopic (exact) mass is 562 g/mol.